The molecule has 2 aliphatic rings. The molecule has 4 aromatic carbocycles. The van der Waals surface area contributed by atoms with Crippen LogP contribution in [0, 0.1) is 0 Å². The number of aromatic nitrogens is 1. The van der Waals surface area contributed by atoms with Crippen LogP contribution in [0.15, 0.2) is 169 Å². The van der Waals surface area contributed by atoms with Gasteiger partial charge in [-0.05, 0) is 84.0 Å². The maximum Gasteiger partial charge on any atom is 0.265 e. The molecule has 2 N–H and O–H groups in total. The fourth-order valence-corrected chi connectivity index (χ4v) is 8.39. The van der Waals surface area contributed by atoms with Gasteiger partial charge in [-0.1, -0.05) is 91.0 Å². The highest BCUT2D eigenvalue weighted by Gasteiger charge is 2.26. The summed E-state index contributed by atoms with van der Waals surface area (Å²) in [6, 6.07) is 38.9. The number of allylic oxidation sites excluding steroid dienone is 7. The van der Waals surface area contributed by atoms with Crippen molar-refractivity contribution in [3.63, 3.8) is 0 Å². The second-order valence-electron chi connectivity index (χ2n) is 13.8. The van der Waals surface area contributed by atoms with Crippen LogP contribution in [0.1, 0.15) is 36.8 Å². The maximum atomic E-state index is 11.4. The molecule has 0 unspecified atom stereocenters. The van der Waals surface area contributed by atoms with Gasteiger partial charge in [-0.25, -0.2) is 0 Å². The molecule has 5 aromatic rings. The van der Waals surface area contributed by atoms with Crippen LogP contribution in [0.25, 0.3) is 22.6 Å². The molecule has 0 atom stereocenters. The molecule has 0 bridgehead atoms. The van der Waals surface area contributed by atoms with Gasteiger partial charge in [0.2, 0.25) is 5.52 Å². The van der Waals surface area contributed by atoms with Gasteiger partial charge in [0.15, 0.2) is 6.20 Å². The first-order valence-electron chi connectivity index (χ1n) is 18.6. The van der Waals surface area contributed by atoms with Gasteiger partial charge in [-0.3, -0.25) is 9.11 Å². The average molecular weight is 787 g/mol. The van der Waals surface area contributed by atoms with E-state index in [2.05, 4.69) is 89.9 Å². The summed E-state index contributed by atoms with van der Waals surface area (Å²) < 4.78 is 66.0. The summed E-state index contributed by atoms with van der Waals surface area (Å²) >= 11 is 0. The van der Waals surface area contributed by atoms with Crippen molar-refractivity contribution in [1.29, 1.82) is 0 Å². The van der Waals surface area contributed by atoms with Crippen LogP contribution in [0.3, 0.4) is 0 Å². The SMILES string of the molecule is O=S(=O)(O)CCCN1C=C/C(=C\C=C2/CCC(/C=C/c3cc[n+](CCCS(=O)(=O)O)c4ccccc34)=C2N(c2ccccc2)c2ccccc2)c2ccccc21. The van der Waals surface area contributed by atoms with Crippen molar-refractivity contribution in [2.24, 2.45) is 0 Å². The Balaban J connectivity index is 1.29. The predicted octanol–water partition coefficient (Wildman–Crippen LogP) is 8.93. The van der Waals surface area contributed by atoms with E-state index in [0.717, 1.165) is 63.2 Å². The first kappa shape index (κ1) is 38.7. The number of anilines is 3. The number of fused-ring (bicyclic) bond motifs is 2. The van der Waals surface area contributed by atoms with Crippen LogP contribution in [0.5, 0.6) is 0 Å². The fraction of sp³-hybridized carbons (Fsp3) is 0.178. The van der Waals surface area contributed by atoms with Gasteiger partial charge < -0.3 is 9.80 Å². The standard InChI is InChI=1S/C45H43N3O6S2/c49-55(50,51)33-11-29-46-31-27-35(41-17-7-9-19-43(41)46)21-23-37-25-26-38(45(37)48(39-13-3-1-4-14-39)40-15-5-2-6-16-40)24-22-36-28-32-47(30-12-34-56(52,53)54)44-20-10-8-18-42(36)44/h1-10,13-24,27-28,31-32H,11-12,25-26,29-30,33-34H2,(H-,49,50,51,52,53,54)/p+1. The Morgan fingerprint density at radius 2 is 1.34 bits per heavy atom. The van der Waals surface area contributed by atoms with Gasteiger partial charge >= 0.3 is 0 Å². The van der Waals surface area contributed by atoms with Crippen LogP contribution in [-0.4, -0.2) is 44.0 Å². The molecular weight excluding hydrogens is 743 g/mol. The van der Waals surface area contributed by atoms with E-state index in [-0.39, 0.29) is 11.5 Å². The smallest absolute Gasteiger partial charge is 0.265 e. The minimum atomic E-state index is -4.04. The molecule has 0 saturated heterocycles. The normalized spacial score (nSPS) is 16.1. The Kier molecular flexibility index (Phi) is 11.8. The third kappa shape index (κ3) is 9.43. The summed E-state index contributed by atoms with van der Waals surface area (Å²) in [5, 5.41) is 1.04. The van der Waals surface area contributed by atoms with E-state index < -0.39 is 20.2 Å². The minimum absolute atomic E-state index is 0.292. The number of hydrogen-bond donors (Lipinski definition) is 2. The van der Waals surface area contributed by atoms with Crippen molar-refractivity contribution < 1.29 is 30.5 Å². The Hall–Kier alpha value is -5.59. The van der Waals surface area contributed by atoms with E-state index in [1.807, 2.05) is 82.5 Å². The highest BCUT2D eigenvalue weighted by molar-refractivity contribution is 7.86. The molecule has 2 heterocycles. The number of benzene rings is 4. The summed E-state index contributed by atoms with van der Waals surface area (Å²) in [4.78, 5) is 4.35. The first-order valence-corrected chi connectivity index (χ1v) is 21.8. The largest absolute Gasteiger partial charge is 0.347 e. The van der Waals surface area contributed by atoms with Crippen LogP contribution >= 0.6 is 0 Å². The number of rotatable bonds is 14. The monoisotopic (exact) mass is 786 g/mol. The summed E-state index contributed by atoms with van der Waals surface area (Å²) in [5.74, 6) is -0.584. The highest BCUT2D eigenvalue weighted by Crippen LogP contribution is 2.42. The van der Waals surface area contributed by atoms with E-state index in [0.29, 0.717) is 25.9 Å². The molecule has 0 saturated carbocycles. The van der Waals surface area contributed by atoms with Gasteiger partial charge in [0.25, 0.3) is 20.2 Å². The second kappa shape index (κ2) is 17.1. The number of hydrogen-bond acceptors (Lipinski definition) is 6. The Morgan fingerprint density at radius 1 is 0.696 bits per heavy atom. The van der Waals surface area contributed by atoms with E-state index in [1.165, 1.54) is 11.1 Å². The van der Waals surface area contributed by atoms with Gasteiger partial charge in [-0.15, -0.1) is 0 Å². The van der Waals surface area contributed by atoms with Crippen molar-refractivity contribution in [2.45, 2.75) is 32.2 Å². The minimum Gasteiger partial charge on any atom is -0.347 e. The Morgan fingerprint density at radius 3 is 2.05 bits per heavy atom. The van der Waals surface area contributed by atoms with Gasteiger partial charge in [0.05, 0.1) is 22.6 Å². The van der Waals surface area contributed by atoms with Crippen molar-refractivity contribution in [3.8, 4) is 0 Å². The quantitative estimate of drug-likeness (QED) is 0.0847. The lowest BCUT2D eigenvalue weighted by molar-refractivity contribution is -0.671. The van der Waals surface area contributed by atoms with E-state index in [4.69, 9.17) is 0 Å². The fourth-order valence-electron chi connectivity index (χ4n) is 7.40. The van der Waals surface area contributed by atoms with Crippen molar-refractivity contribution in [1.82, 2.24) is 0 Å². The summed E-state index contributed by atoms with van der Waals surface area (Å²) in [6.07, 6.45) is 17.0. The highest BCUT2D eigenvalue weighted by atomic mass is 32.2. The van der Waals surface area contributed by atoms with Gasteiger partial charge in [0.1, 0.15) is 6.54 Å². The molecule has 0 amide bonds. The molecular formula is C45H44N3O6S2+. The second-order valence-corrected chi connectivity index (χ2v) is 17.0. The van der Waals surface area contributed by atoms with Crippen molar-refractivity contribution in [3.05, 3.63) is 180 Å². The molecule has 11 heteroatoms. The molecule has 0 spiro atoms. The van der Waals surface area contributed by atoms with Crippen LogP contribution in [0.2, 0.25) is 0 Å². The average Bonchev–Trinajstić information content (AvgIpc) is 3.58. The molecule has 0 fully saturated rings. The molecule has 56 heavy (non-hydrogen) atoms. The number of pyridine rings is 1. The topological polar surface area (TPSA) is 119 Å². The lowest BCUT2D eigenvalue weighted by Crippen LogP contribution is -2.35. The van der Waals surface area contributed by atoms with Crippen LogP contribution < -0.4 is 14.4 Å². The van der Waals surface area contributed by atoms with Gasteiger partial charge in [0, 0.05) is 53.9 Å². The number of nitrogens with zero attached hydrogens (tertiary/aromatic N) is 3. The zero-order valence-electron chi connectivity index (χ0n) is 30.9. The van der Waals surface area contributed by atoms with E-state index >= 15 is 0 Å². The molecule has 1 aliphatic heterocycles. The van der Waals surface area contributed by atoms with Crippen molar-refractivity contribution in [2.75, 3.05) is 27.9 Å². The Labute approximate surface area is 329 Å². The molecule has 7 rings (SSSR count). The van der Waals surface area contributed by atoms with Crippen LogP contribution in [0.4, 0.5) is 17.1 Å². The Bertz CT molecular complexity index is 2560. The first-order chi connectivity index (χ1) is 27.0. The molecule has 286 valence electrons. The summed E-state index contributed by atoms with van der Waals surface area (Å²) in [6.45, 7) is 0.913. The van der Waals surface area contributed by atoms with Gasteiger partial charge in [-0.2, -0.15) is 21.4 Å². The number of para-hydroxylation sites is 4. The lowest BCUT2D eigenvalue weighted by atomic mass is 9.98. The predicted molar refractivity (Wildman–Crippen MR) is 226 cm³/mol. The van der Waals surface area contributed by atoms with Crippen molar-refractivity contribution >= 4 is 59.9 Å². The zero-order valence-corrected chi connectivity index (χ0v) is 32.5. The lowest BCUT2D eigenvalue weighted by Gasteiger charge is -2.29. The van der Waals surface area contributed by atoms with E-state index in [9.17, 15) is 25.9 Å². The van der Waals surface area contributed by atoms with Crippen LogP contribution in [-0.2, 0) is 26.8 Å². The molecule has 1 aromatic heterocycles. The van der Waals surface area contributed by atoms with E-state index in [1.54, 1.807) is 0 Å². The summed E-state index contributed by atoms with van der Waals surface area (Å²) in [5.41, 5.74) is 10.6. The maximum absolute atomic E-state index is 11.4. The zero-order chi connectivity index (χ0) is 39.1. The molecule has 0 radical (unpaired) electrons. The third-order valence-electron chi connectivity index (χ3n) is 9.97. The molecule has 1 aliphatic carbocycles. The third-order valence-corrected chi connectivity index (χ3v) is 11.6. The summed E-state index contributed by atoms with van der Waals surface area (Å²) in [7, 11) is -8.07. The number of aryl methyl sites for hydroxylation is 1. The molecule has 9 nitrogen and oxygen atoms in total.